The first-order valence-corrected chi connectivity index (χ1v) is 10.7. The molecule has 32 heavy (non-hydrogen) atoms. The molecule has 1 aromatic heterocycles. The fraction of sp³-hybridized carbons (Fsp3) is 0.200. The van der Waals surface area contributed by atoms with Crippen LogP contribution < -0.4 is 4.74 Å². The molecule has 1 fully saturated rings. The molecule has 4 rings (SSSR count). The van der Waals surface area contributed by atoms with Gasteiger partial charge in [0, 0.05) is 10.6 Å². The van der Waals surface area contributed by atoms with Gasteiger partial charge in [0.1, 0.15) is 17.3 Å². The molecule has 2 aromatic carbocycles. The van der Waals surface area contributed by atoms with Gasteiger partial charge in [0.15, 0.2) is 0 Å². The molecule has 6 nitrogen and oxygen atoms in total. The SMILES string of the molecule is CCCOc1ccc([C@@H]2C(=C(O)c3ccc(Cl)cc3)C(=O)C(=O)N2Cc2ccco2)cc1. The average molecular weight is 452 g/mol. The molecule has 0 radical (unpaired) electrons. The minimum absolute atomic E-state index is 0.0195. The van der Waals surface area contributed by atoms with Crippen LogP contribution >= 0.6 is 11.6 Å². The number of aliphatic hydroxyl groups is 1. The Kier molecular flexibility index (Phi) is 6.32. The second-order valence-electron chi connectivity index (χ2n) is 7.43. The number of hydrogen-bond acceptors (Lipinski definition) is 5. The van der Waals surface area contributed by atoms with Crippen molar-refractivity contribution in [1.82, 2.24) is 4.90 Å². The lowest BCUT2D eigenvalue weighted by Crippen LogP contribution is -2.29. The van der Waals surface area contributed by atoms with E-state index >= 15 is 0 Å². The smallest absolute Gasteiger partial charge is 0.296 e. The molecule has 0 unspecified atom stereocenters. The van der Waals surface area contributed by atoms with E-state index in [1.165, 1.54) is 11.2 Å². The van der Waals surface area contributed by atoms with Gasteiger partial charge < -0.3 is 19.2 Å². The van der Waals surface area contributed by atoms with Gasteiger partial charge in [-0.2, -0.15) is 0 Å². The van der Waals surface area contributed by atoms with Gasteiger partial charge in [-0.1, -0.05) is 30.7 Å². The molecule has 1 N–H and O–H groups in total. The van der Waals surface area contributed by atoms with E-state index in [0.717, 1.165) is 6.42 Å². The van der Waals surface area contributed by atoms with E-state index < -0.39 is 17.7 Å². The van der Waals surface area contributed by atoms with Crippen LogP contribution in [0.1, 0.15) is 36.3 Å². The normalized spacial score (nSPS) is 17.7. The van der Waals surface area contributed by atoms with Crippen LogP contribution in [-0.2, 0) is 16.1 Å². The Labute approximate surface area is 190 Å². The topological polar surface area (TPSA) is 80.0 Å². The summed E-state index contributed by atoms with van der Waals surface area (Å²) in [6, 6.07) is 16.3. The summed E-state index contributed by atoms with van der Waals surface area (Å²) < 4.78 is 11.0. The number of Topliss-reactive ketones (excluding diaryl/α,β-unsaturated/α-hetero) is 1. The number of rotatable bonds is 7. The Morgan fingerprint density at radius 2 is 1.81 bits per heavy atom. The zero-order valence-electron chi connectivity index (χ0n) is 17.5. The van der Waals surface area contributed by atoms with Crippen molar-refractivity contribution in [2.45, 2.75) is 25.9 Å². The molecular weight excluding hydrogens is 430 g/mol. The molecule has 1 aliphatic rings. The number of amides is 1. The molecule has 0 spiro atoms. The lowest BCUT2D eigenvalue weighted by atomic mass is 9.95. The first-order chi connectivity index (χ1) is 15.5. The van der Waals surface area contributed by atoms with Gasteiger partial charge in [0.2, 0.25) is 0 Å². The number of furan rings is 1. The molecule has 0 bridgehead atoms. The van der Waals surface area contributed by atoms with E-state index in [1.54, 1.807) is 60.7 Å². The maximum absolute atomic E-state index is 13.0. The second kappa shape index (κ2) is 9.32. The molecule has 1 atom stereocenters. The number of nitrogens with zero attached hydrogens (tertiary/aromatic N) is 1. The Morgan fingerprint density at radius 3 is 2.44 bits per heavy atom. The fourth-order valence-corrected chi connectivity index (χ4v) is 3.82. The molecule has 1 amide bonds. The average Bonchev–Trinajstić information content (AvgIpc) is 3.40. The van der Waals surface area contributed by atoms with E-state index in [1.807, 2.05) is 6.92 Å². The van der Waals surface area contributed by atoms with Crippen LogP contribution in [0.4, 0.5) is 0 Å². The van der Waals surface area contributed by atoms with E-state index in [4.69, 9.17) is 20.8 Å². The zero-order chi connectivity index (χ0) is 22.7. The van der Waals surface area contributed by atoms with Crippen molar-refractivity contribution in [2.24, 2.45) is 0 Å². The third kappa shape index (κ3) is 4.27. The Morgan fingerprint density at radius 1 is 1.09 bits per heavy atom. The maximum atomic E-state index is 13.0. The van der Waals surface area contributed by atoms with Crippen molar-refractivity contribution in [3.63, 3.8) is 0 Å². The van der Waals surface area contributed by atoms with Crippen LogP contribution in [-0.4, -0.2) is 28.3 Å². The number of aliphatic hydroxyl groups excluding tert-OH is 1. The number of likely N-dealkylation sites (tertiary alicyclic amines) is 1. The molecule has 164 valence electrons. The highest BCUT2D eigenvalue weighted by Crippen LogP contribution is 2.40. The van der Waals surface area contributed by atoms with Crippen LogP contribution in [0.3, 0.4) is 0 Å². The first kappa shape index (κ1) is 21.7. The van der Waals surface area contributed by atoms with Crippen LogP contribution in [0.15, 0.2) is 76.9 Å². The van der Waals surface area contributed by atoms with Crippen molar-refractivity contribution in [3.8, 4) is 5.75 Å². The van der Waals surface area contributed by atoms with Crippen LogP contribution in [0.25, 0.3) is 5.76 Å². The first-order valence-electron chi connectivity index (χ1n) is 10.3. The van der Waals surface area contributed by atoms with E-state index in [0.29, 0.717) is 34.3 Å². The Bertz CT molecular complexity index is 1130. The van der Waals surface area contributed by atoms with Gasteiger partial charge in [0.05, 0.1) is 31.0 Å². The summed E-state index contributed by atoms with van der Waals surface area (Å²) in [6.45, 7) is 2.70. The predicted molar refractivity (Wildman–Crippen MR) is 120 cm³/mol. The minimum Gasteiger partial charge on any atom is -0.507 e. The van der Waals surface area contributed by atoms with Crippen molar-refractivity contribution < 1.29 is 23.8 Å². The fourth-order valence-electron chi connectivity index (χ4n) is 3.69. The summed E-state index contributed by atoms with van der Waals surface area (Å²) in [5.41, 5.74) is 1.10. The number of benzene rings is 2. The van der Waals surface area contributed by atoms with Gasteiger partial charge in [-0.3, -0.25) is 9.59 Å². The molecule has 1 saturated heterocycles. The van der Waals surface area contributed by atoms with Gasteiger partial charge in [-0.25, -0.2) is 0 Å². The van der Waals surface area contributed by atoms with E-state index in [2.05, 4.69) is 0 Å². The number of ether oxygens (including phenoxy) is 1. The van der Waals surface area contributed by atoms with E-state index in [-0.39, 0.29) is 17.9 Å². The number of hydrogen-bond donors (Lipinski definition) is 1. The standard InChI is InChI=1S/C25H22ClNO5/c1-2-13-31-19-11-7-16(8-12-19)22-21(23(28)17-5-9-18(26)10-6-17)24(29)25(30)27(22)15-20-4-3-14-32-20/h3-12,14,22,28H,2,13,15H2,1H3/t22-/m1/s1. The predicted octanol–water partition coefficient (Wildman–Crippen LogP) is 5.34. The van der Waals surface area contributed by atoms with Gasteiger partial charge in [0.25, 0.3) is 11.7 Å². The third-order valence-electron chi connectivity index (χ3n) is 5.23. The highest BCUT2D eigenvalue weighted by Gasteiger charge is 2.46. The van der Waals surface area contributed by atoms with Crippen molar-refractivity contribution in [3.05, 3.63) is 94.4 Å². The summed E-state index contributed by atoms with van der Waals surface area (Å²) in [4.78, 5) is 27.4. The molecule has 0 saturated carbocycles. The van der Waals surface area contributed by atoms with Crippen LogP contribution in [0, 0.1) is 0 Å². The molecular formula is C25H22ClNO5. The zero-order valence-corrected chi connectivity index (χ0v) is 18.2. The molecule has 1 aliphatic heterocycles. The summed E-state index contributed by atoms with van der Waals surface area (Å²) in [5, 5.41) is 11.5. The summed E-state index contributed by atoms with van der Waals surface area (Å²) in [7, 11) is 0. The monoisotopic (exact) mass is 451 g/mol. The number of carbonyl (C=O) groups is 2. The van der Waals surface area contributed by atoms with Gasteiger partial charge >= 0.3 is 0 Å². The molecule has 7 heteroatoms. The Hall–Kier alpha value is -3.51. The second-order valence-corrected chi connectivity index (χ2v) is 7.87. The minimum atomic E-state index is -0.781. The molecule has 0 aliphatic carbocycles. The largest absolute Gasteiger partial charge is 0.507 e. The van der Waals surface area contributed by atoms with Crippen LogP contribution in [0.2, 0.25) is 5.02 Å². The Balaban J connectivity index is 1.79. The van der Waals surface area contributed by atoms with Gasteiger partial charge in [-0.15, -0.1) is 0 Å². The summed E-state index contributed by atoms with van der Waals surface area (Å²) >= 11 is 5.96. The summed E-state index contributed by atoms with van der Waals surface area (Å²) in [6.07, 6.45) is 2.39. The van der Waals surface area contributed by atoms with Crippen molar-refractivity contribution in [2.75, 3.05) is 6.61 Å². The molecule has 2 heterocycles. The van der Waals surface area contributed by atoms with Crippen molar-refractivity contribution >= 4 is 29.1 Å². The van der Waals surface area contributed by atoms with E-state index in [9.17, 15) is 14.7 Å². The lowest BCUT2D eigenvalue weighted by Gasteiger charge is -2.24. The summed E-state index contributed by atoms with van der Waals surface area (Å²) in [5.74, 6) is -0.477. The maximum Gasteiger partial charge on any atom is 0.296 e. The number of carbonyl (C=O) groups excluding carboxylic acids is 2. The highest BCUT2D eigenvalue weighted by atomic mass is 35.5. The number of ketones is 1. The molecule has 3 aromatic rings. The third-order valence-corrected chi connectivity index (χ3v) is 5.48. The quantitative estimate of drug-likeness (QED) is 0.298. The van der Waals surface area contributed by atoms with Crippen LogP contribution in [0.5, 0.6) is 5.75 Å². The highest BCUT2D eigenvalue weighted by molar-refractivity contribution is 6.46. The lowest BCUT2D eigenvalue weighted by molar-refractivity contribution is -0.140. The van der Waals surface area contributed by atoms with Gasteiger partial charge in [-0.05, 0) is 60.5 Å². The van der Waals surface area contributed by atoms with Crippen molar-refractivity contribution in [1.29, 1.82) is 0 Å². The number of halogens is 1.